The average Bonchev–Trinajstić information content (AvgIpc) is 2.28. The summed E-state index contributed by atoms with van der Waals surface area (Å²) >= 11 is 0. The van der Waals surface area contributed by atoms with Gasteiger partial charge in [0.1, 0.15) is 5.69 Å². The van der Waals surface area contributed by atoms with Crippen LogP contribution in [-0.2, 0) is 9.53 Å². The van der Waals surface area contributed by atoms with E-state index < -0.39 is 22.9 Å². The molecule has 0 fully saturated rings. The number of aromatic nitrogens is 2. The number of H-pyrrole nitrogens is 2. The van der Waals surface area contributed by atoms with Crippen molar-refractivity contribution in [1.29, 1.82) is 0 Å². The van der Waals surface area contributed by atoms with Crippen LogP contribution in [0, 0.1) is 0 Å². The maximum absolute atomic E-state index is 10.5. The van der Waals surface area contributed by atoms with Gasteiger partial charge >= 0.3 is 17.6 Å². The van der Waals surface area contributed by atoms with Crippen LogP contribution >= 0.6 is 0 Å². The number of aromatic amines is 2. The predicted molar refractivity (Wildman–Crippen MR) is 60.3 cm³/mol. The van der Waals surface area contributed by atoms with Crippen molar-refractivity contribution in [2.75, 3.05) is 13.7 Å². The van der Waals surface area contributed by atoms with E-state index in [1.54, 1.807) is 0 Å². The van der Waals surface area contributed by atoms with Gasteiger partial charge < -0.3 is 20.6 Å². The monoisotopic (exact) mass is 259 g/mol. The van der Waals surface area contributed by atoms with Crippen molar-refractivity contribution in [2.45, 2.75) is 6.42 Å². The van der Waals surface area contributed by atoms with Crippen LogP contribution in [0.2, 0.25) is 0 Å². The Bertz CT molecular complexity index is 489. The molecule has 0 spiro atoms. The Balaban J connectivity index is 0.000000360. The molecule has 0 unspecified atom stereocenters. The first-order valence-electron chi connectivity index (χ1n) is 4.74. The number of hydrogen-bond acceptors (Lipinski definition) is 6. The number of methoxy groups -OCH3 is 1. The Morgan fingerprint density at radius 1 is 1.39 bits per heavy atom. The van der Waals surface area contributed by atoms with E-state index in [1.807, 2.05) is 9.97 Å². The van der Waals surface area contributed by atoms with Crippen molar-refractivity contribution in [3.8, 4) is 0 Å². The summed E-state index contributed by atoms with van der Waals surface area (Å²) in [4.78, 5) is 45.0. The molecular weight excluding hydrogens is 246 g/mol. The Kier molecular flexibility index (Phi) is 6.74. The third-order valence-corrected chi connectivity index (χ3v) is 1.57. The van der Waals surface area contributed by atoms with Gasteiger partial charge in [-0.15, -0.1) is 0 Å². The molecule has 1 aromatic heterocycles. The van der Waals surface area contributed by atoms with E-state index in [-0.39, 0.29) is 5.97 Å². The fourth-order valence-corrected chi connectivity index (χ4v) is 0.804. The van der Waals surface area contributed by atoms with Gasteiger partial charge in [0.2, 0.25) is 0 Å². The lowest BCUT2D eigenvalue weighted by Crippen LogP contribution is -2.24. The molecule has 1 rings (SSSR count). The maximum atomic E-state index is 10.5. The maximum Gasteiger partial charge on any atom is 0.352 e. The Morgan fingerprint density at radius 2 is 2.00 bits per heavy atom. The summed E-state index contributed by atoms with van der Waals surface area (Å²) in [6.45, 7) is 0.368. The van der Waals surface area contributed by atoms with Crippen molar-refractivity contribution >= 4 is 11.9 Å². The second kappa shape index (κ2) is 7.79. The number of ether oxygens (including phenoxy) is 1. The lowest BCUT2D eigenvalue weighted by molar-refractivity contribution is -0.140. The van der Waals surface area contributed by atoms with E-state index >= 15 is 0 Å². The number of carboxylic acid groups (broad SMARTS) is 1. The molecule has 0 saturated heterocycles. The number of rotatable bonds is 3. The van der Waals surface area contributed by atoms with E-state index in [4.69, 9.17) is 10.8 Å². The number of carbonyl (C=O) groups is 2. The van der Waals surface area contributed by atoms with E-state index in [0.29, 0.717) is 13.0 Å². The van der Waals surface area contributed by atoms with Gasteiger partial charge in [-0.05, 0) is 0 Å². The number of hydrogen-bond donors (Lipinski definition) is 4. The van der Waals surface area contributed by atoms with Crippen LogP contribution < -0.4 is 17.0 Å². The lowest BCUT2D eigenvalue weighted by Gasteiger charge is -1.91. The fourth-order valence-electron chi connectivity index (χ4n) is 0.804. The molecule has 0 aliphatic carbocycles. The minimum Gasteiger partial charge on any atom is -0.477 e. The summed E-state index contributed by atoms with van der Waals surface area (Å²) < 4.78 is 4.27. The molecular formula is C9H13N3O6. The SMILES string of the molecule is COC(=O)CCN.O=C(O)c1cc(=O)[nH]c(=O)[nH]1. The first-order valence-corrected chi connectivity index (χ1v) is 4.74. The predicted octanol–water partition coefficient (Wildman–Crippen LogP) is -1.73. The van der Waals surface area contributed by atoms with Crippen LogP contribution in [0.25, 0.3) is 0 Å². The molecule has 0 saturated carbocycles. The highest BCUT2D eigenvalue weighted by Gasteiger charge is 2.03. The Hall–Kier alpha value is -2.42. The molecule has 0 amide bonds. The van der Waals surface area contributed by atoms with Crippen LogP contribution in [-0.4, -0.2) is 40.7 Å². The van der Waals surface area contributed by atoms with E-state index in [9.17, 15) is 19.2 Å². The topological polar surface area (TPSA) is 155 Å². The van der Waals surface area contributed by atoms with Gasteiger partial charge in [-0.25, -0.2) is 9.59 Å². The van der Waals surface area contributed by atoms with Crippen LogP contribution in [0.15, 0.2) is 15.7 Å². The van der Waals surface area contributed by atoms with Crippen LogP contribution in [0.1, 0.15) is 16.9 Å². The number of carbonyl (C=O) groups excluding carboxylic acids is 1. The van der Waals surface area contributed by atoms with Gasteiger partial charge in [0.15, 0.2) is 0 Å². The average molecular weight is 259 g/mol. The van der Waals surface area contributed by atoms with E-state index in [0.717, 1.165) is 6.07 Å². The molecule has 0 atom stereocenters. The summed E-state index contributed by atoms with van der Waals surface area (Å²) in [6.07, 6.45) is 0.316. The molecule has 9 heteroatoms. The van der Waals surface area contributed by atoms with Crippen molar-refractivity contribution in [3.63, 3.8) is 0 Å². The zero-order valence-electron chi connectivity index (χ0n) is 9.56. The minimum atomic E-state index is -1.34. The van der Waals surface area contributed by atoms with Crippen LogP contribution in [0.5, 0.6) is 0 Å². The van der Waals surface area contributed by atoms with Gasteiger partial charge in [-0.2, -0.15) is 0 Å². The lowest BCUT2D eigenvalue weighted by atomic mass is 10.4. The zero-order valence-corrected chi connectivity index (χ0v) is 9.56. The van der Waals surface area contributed by atoms with E-state index in [2.05, 4.69) is 4.74 Å². The van der Waals surface area contributed by atoms with E-state index in [1.165, 1.54) is 7.11 Å². The number of carboxylic acids is 1. The molecule has 0 radical (unpaired) electrons. The van der Waals surface area contributed by atoms with Gasteiger partial charge in [0.05, 0.1) is 13.5 Å². The molecule has 0 aliphatic heterocycles. The van der Waals surface area contributed by atoms with Crippen molar-refractivity contribution in [3.05, 3.63) is 32.6 Å². The Labute approximate surface area is 101 Å². The first kappa shape index (κ1) is 15.6. The Morgan fingerprint density at radius 3 is 2.33 bits per heavy atom. The minimum absolute atomic E-state index is 0.248. The molecule has 1 heterocycles. The van der Waals surface area contributed by atoms with Gasteiger partial charge in [0, 0.05) is 12.6 Å². The third-order valence-electron chi connectivity index (χ3n) is 1.57. The summed E-state index contributed by atoms with van der Waals surface area (Å²) in [5.41, 5.74) is 3.03. The molecule has 0 bridgehead atoms. The molecule has 18 heavy (non-hydrogen) atoms. The van der Waals surface area contributed by atoms with Crippen molar-refractivity contribution < 1.29 is 19.4 Å². The molecule has 5 N–H and O–H groups in total. The normalized spacial score (nSPS) is 9.00. The quantitative estimate of drug-likeness (QED) is 0.470. The molecule has 100 valence electrons. The summed E-state index contributed by atoms with van der Waals surface area (Å²) in [6, 6.07) is 0.795. The summed E-state index contributed by atoms with van der Waals surface area (Å²) in [5, 5.41) is 8.31. The number of aromatic carboxylic acids is 1. The second-order valence-corrected chi connectivity index (χ2v) is 2.92. The van der Waals surface area contributed by atoms with Crippen molar-refractivity contribution in [2.24, 2.45) is 5.73 Å². The second-order valence-electron chi connectivity index (χ2n) is 2.92. The summed E-state index contributed by atoms with van der Waals surface area (Å²) in [7, 11) is 1.35. The highest BCUT2D eigenvalue weighted by molar-refractivity contribution is 5.84. The highest BCUT2D eigenvalue weighted by Crippen LogP contribution is 1.81. The summed E-state index contributed by atoms with van der Waals surface area (Å²) in [5.74, 6) is -1.59. The largest absolute Gasteiger partial charge is 0.477 e. The smallest absolute Gasteiger partial charge is 0.352 e. The first-order chi connectivity index (χ1) is 8.40. The van der Waals surface area contributed by atoms with Gasteiger partial charge in [-0.1, -0.05) is 0 Å². The van der Waals surface area contributed by atoms with Crippen LogP contribution in [0.4, 0.5) is 0 Å². The van der Waals surface area contributed by atoms with Gasteiger partial charge in [0.25, 0.3) is 5.56 Å². The third kappa shape index (κ3) is 6.23. The number of nitrogens with two attached hydrogens (primary N) is 1. The molecule has 0 aromatic carbocycles. The molecule has 0 aliphatic rings. The number of esters is 1. The van der Waals surface area contributed by atoms with Crippen molar-refractivity contribution in [1.82, 2.24) is 9.97 Å². The molecule has 9 nitrogen and oxygen atoms in total. The van der Waals surface area contributed by atoms with Crippen LogP contribution in [0.3, 0.4) is 0 Å². The number of nitrogens with one attached hydrogen (secondary N) is 2. The zero-order chi connectivity index (χ0) is 14.1. The fraction of sp³-hybridized carbons (Fsp3) is 0.333. The highest BCUT2D eigenvalue weighted by atomic mass is 16.5. The standard InChI is InChI=1S/C5H4N2O4.C4H9NO2/c8-3-1-2(4(9)10)6-5(11)7-3;1-7-4(6)2-3-5/h1H,(H,9,10)(H2,6,7,8,11);2-3,5H2,1H3. The van der Waals surface area contributed by atoms with Gasteiger partial charge in [-0.3, -0.25) is 14.6 Å². The molecule has 1 aromatic rings.